The van der Waals surface area contributed by atoms with Gasteiger partial charge in [-0.05, 0) is 32.8 Å². The number of hydrogen-bond acceptors (Lipinski definition) is 8. The van der Waals surface area contributed by atoms with Crippen LogP contribution in [0.2, 0.25) is 0 Å². The fourth-order valence-corrected chi connectivity index (χ4v) is 3.74. The predicted molar refractivity (Wildman–Crippen MR) is 120 cm³/mol. The highest BCUT2D eigenvalue weighted by Gasteiger charge is 2.26. The Balaban J connectivity index is 1.90. The fourth-order valence-electron chi connectivity index (χ4n) is 3.74. The van der Waals surface area contributed by atoms with E-state index in [1.165, 1.54) is 0 Å². The van der Waals surface area contributed by atoms with Crippen molar-refractivity contribution in [2.24, 2.45) is 0 Å². The minimum atomic E-state index is -0.334. The molecule has 3 N–H and O–H groups in total. The highest BCUT2D eigenvalue weighted by molar-refractivity contribution is 5.98. The van der Waals surface area contributed by atoms with Crippen molar-refractivity contribution in [3.63, 3.8) is 0 Å². The van der Waals surface area contributed by atoms with Gasteiger partial charge < -0.3 is 25.5 Å². The molecule has 0 aliphatic carbocycles. The van der Waals surface area contributed by atoms with Crippen molar-refractivity contribution >= 4 is 34.5 Å². The van der Waals surface area contributed by atoms with Gasteiger partial charge in [0.15, 0.2) is 5.82 Å². The molecule has 31 heavy (non-hydrogen) atoms. The van der Waals surface area contributed by atoms with Crippen LogP contribution < -0.4 is 11.1 Å². The van der Waals surface area contributed by atoms with E-state index in [1.807, 2.05) is 0 Å². The van der Waals surface area contributed by atoms with Crippen molar-refractivity contribution in [1.29, 1.82) is 0 Å². The van der Waals surface area contributed by atoms with E-state index < -0.39 is 0 Å². The lowest BCUT2D eigenvalue weighted by atomic mass is 9.89. The quantitative estimate of drug-likeness (QED) is 0.625. The number of carbonyl (C=O) groups excluding carboxylic acids is 2. The van der Waals surface area contributed by atoms with Gasteiger partial charge in [0.1, 0.15) is 11.3 Å². The summed E-state index contributed by atoms with van der Waals surface area (Å²) in [6, 6.07) is 1.71. The van der Waals surface area contributed by atoms with Crippen LogP contribution in [-0.2, 0) is 9.53 Å². The van der Waals surface area contributed by atoms with Crippen LogP contribution in [0.4, 0.5) is 11.8 Å². The largest absolute Gasteiger partial charge is 0.378 e. The number of nitrogens with one attached hydrogen (secondary N) is 1. The van der Waals surface area contributed by atoms with Gasteiger partial charge in [0.2, 0.25) is 5.95 Å². The van der Waals surface area contributed by atoms with Gasteiger partial charge in [-0.3, -0.25) is 4.79 Å². The molecule has 2 aromatic rings. The van der Waals surface area contributed by atoms with Gasteiger partial charge in [0.05, 0.1) is 24.3 Å². The van der Waals surface area contributed by atoms with Crippen LogP contribution in [0.5, 0.6) is 0 Å². The summed E-state index contributed by atoms with van der Waals surface area (Å²) in [5.41, 5.74) is 7.17. The number of pyridine rings is 1. The summed E-state index contributed by atoms with van der Waals surface area (Å²) in [6.07, 6.45) is 5.68. The van der Waals surface area contributed by atoms with E-state index in [4.69, 9.17) is 10.5 Å². The third-order valence-electron chi connectivity index (χ3n) is 5.63. The van der Waals surface area contributed by atoms with E-state index in [0.717, 1.165) is 19.3 Å². The third kappa shape index (κ3) is 5.88. The number of hydrogen-bond donors (Lipinski definition) is 2. The predicted octanol–water partition coefficient (Wildman–Crippen LogP) is 2.81. The standard InChI is InChI=1S/C22H32N6O3/c1-4-5-7-22(3,8-6-15(2)29)27-19-18-17(25-21(23)26-19)13-16(14-24-18)20(30)28-9-11-31-12-10-28/h13-14H,4-12H2,1-3H3,(H3,23,25,26,27)/t22-/m1/s1. The second kappa shape index (κ2) is 10.00. The molecule has 0 unspecified atom stereocenters. The molecule has 3 rings (SSSR count). The van der Waals surface area contributed by atoms with Crippen LogP contribution in [0.25, 0.3) is 11.0 Å². The molecule has 1 aliphatic rings. The van der Waals surface area contributed by atoms with Crippen molar-refractivity contribution in [2.45, 2.75) is 58.4 Å². The number of unbranched alkanes of at least 4 members (excludes halogenated alkanes) is 1. The number of fused-ring (bicyclic) bond motifs is 1. The number of carbonyl (C=O) groups is 2. The second-order valence-corrected chi connectivity index (χ2v) is 8.42. The topological polar surface area (TPSA) is 123 Å². The van der Waals surface area contributed by atoms with E-state index in [0.29, 0.717) is 61.6 Å². The van der Waals surface area contributed by atoms with E-state index in [1.54, 1.807) is 24.1 Å². The molecule has 9 heteroatoms. The van der Waals surface area contributed by atoms with Gasteiger partial charge in [-0.25, -0.2) is 9.97 Å². The average molecular weight is 429 g/mol. The van der Waals surface area contributed by atoms with Crippen LogP contribution in [0.3, 0.4) is 0 Å². The number of ether oxygens (including phenoxy) is 1. The summed E-state index contributed by atoms with van der Waals surface area (Å²) in [6.45, 7) is 8.01. The van der Waals surface area contributed by atoms with Crippen LogP contribution in [-0.4, -0.2) is 63.4 Å². The lowest BCUT2D eigenvalue weighted by Crippen LogP contribution is -2.40. The normalized spacial score (nSPS) is 16.2. The first-order valence-corrected chi connectivity index (χ1v) is 10.9. The molecule has 9 nitrogen and oxygen atoms in total. The molecule has 0 radical (unpaired) electrons. The van der Waals surface area contributed by atoms with Gasteiger partial charge >= 0.3 is 0 Å². The van der Waals surface area contributed by atoms with Crippen LogP contribution in [0.1, 0.15) is 63.2 Å². The number of ketones is 1. The van der Waals surface area contributed by atoms with E-state index in [2.05, 4.69) is 34.1 Å². The number of nitrogen functional groups attached to an aromatic ring is 1. The number of morpholine rings is 1. The number of nitrogens with two attached hydrogens (primary N) is 1. The molecule has 2 aromatic heterocycles. The number of amides is 1. The summed E-state index contributed by atoms with van der Waals surface area (Å²) in [5, 5.41) is 3.48. The Kier molecular flexibility index (Phi) is 7.37. The summed E-state index contributed by atoms with van der Waals surface area (Å²) < 4.78 is 5.32. The molecule has 1 amide bonds. The van der Waals surface area contributed by atoms with Gasteiger partial charge in [-0.15, -0.1) is 0 Å². The molecule has 168 valence electrons. The molecule has 0 saturated carbocycles. The zero-order valence-electron chi connectivity index (χ0n) is 18.6. The Hall–Kier alpha value is -2.81. The SMILES string of the molecule is CCCC[C@](C)(CCC(C)=O)Nc1nc(N)nc2cc(C(=O)N3CCOCC3)cnc12. The van der Waals surface area contributed by atoms with Gasteiger partial charge in [-0.2, -0.15) is 4.98 Å². The van der Waals surface area contributed by atoms with Crippen molar-refractivity contribution in [2.75, 3.05) is 37.4 Å². The zero-order valence-corrected chi connectivity index (χ0v) is 18.6. The summed E-state index contributed by atoms with van der Waals surface area (Å²) in [7, 11) is 0. The monoisotopic (exact) mass is 428 g/mol. The minimum Gasteiger partial charge on any atom is -0.378 e. The van der Waals surface area contributed by atoms with Crippen LogP contribution in [0, 0.1) is 0 Å². The Bertz CT molecular complexity index is 944. The Labute approximate surface area is 182 Å². The Morgan fingerprint density at radius 2 is 2.00 bits per heavy atom. The third-order valence-corrected chi connectivity index (χ3v) is 5.63. The molecular weight excluding hydrogens is 396 g/mol. The maximum Gasteiger partial charge on any atom is 0.255 e. The van der Waals surface area contributed by atoms with Crippen LogP contribution >= 0.6 is 0 Å². The maximum absolute atomic E-state index is 12.8. The van der Waals surface area contributed by atoms with Crippen molar-refractivity contribution in [1.82, 2.24) is 19.9 Å². The molecule has 3 heterocycles. The number of rotatable bonds is 9. The highest BCUT2D eigenvalue weighted by atomic mass is 16.5. The number of nitrogens with zero attached hydrogens (tertiary/aromatic N) is 4. The highest BCUT2D eigenvalue weighted by Crippen LogP contribution is 2.29. The van der Waals surface area contributed by atoms with Gasteiger partial charge in [-0.1, -0.05) is 19.8 Å². The second-order valence-electron chi connectivity index (χ2n) is 8.42. The van der Waals surface area contributed by atoms with Gasteiger partial charge in [0.25, 0.3) is 5.91 Å². The molecule has 1 fully saturated rings. The first kappa shape index (κ1) is 22.9. The summed E-state index contributed by atoms with van der Waals surface area (Å²) in [5.74, 6) is 0.687. The van der Waals surface area contributed by atoms with E-state index >= 15 is 0 Å². The Morgan fingerprint density at radius 3 is 2.68 bits per heavy atom. The molecule has 0 bridgehead atoms. The molecule has 0 spiro atoms. The average Bonchev–Trinajstić information content (AvgIpc) is 2.76. The molecule has 0 aromatic carbocycles. The lowest BCUT2D eigenvalue weighted by Gasteiger charge is -2.32. The summed E-state index contributed by atoms with van der Waals surface area (Å²) in [4.78, 5) is 39.3. The number of Topliss-reactive ketones (excluding diaryl/α,β-unsaturated/α-hetero) is 1. The van der Waals surface area contributed by atoms with E-state index in [-0.39, 0.29) is 23.2 Å². The molecule has 1 saturated heterocycles. The first-order valence-electron chi connectivity index (χ1n) is 10.9. The molecule has 1 atom stereocenters. The number of anilines is 2. The van der Waals surface area contributed by atoms with Gasteiger partial charge in [0, 0.05) is 31.2 Å². The maximum atomic E-state index is 12.8. The van der Waals surface area contributed by atoms with Crippen molar-refractivity contribution < 1.29 is 14.3 Å². The van der Waals surface area contributed by atoms with Crippen molar-refractivity contribution in [3.05, 3.63) is 17.8 Å². The smallest absolute Gasteiger partial charge is 0.255 e. The lowest BCUT2D eigenvalue weighted by molar-refractivity contribution is -0.117. The van der Waals surface area contributed by atoms with Crippen LogP contribution in [0.15, 0.2) is 12.3 Å². The summed E-state index contributed by atoms with van der Waals surface area (Å²) >= 11 is 0. The number of aromatic nitrogens is 3. The first-order chi connectivity index (χ1) is 14.8. The Morgan fingerprint density at radius 1 is 1.26 bits per heavy atom. The van der Waals surface area contributed by atoms with Crippen molar-refractivity contribution in [3.8, 4) is 0 Å². The fraction of sp³-hybridized carbons (Fsp3) is 0.591. The zero-order chi connectivity index (χ0) is 22.4. The molecule has 1 aliphatic heterocycles. The molecular formula is C22H32N6O3. The minimum absolute atomic E-state index is 0.0985. The van der Waals surface area contributed by atoms with E-state index in [9.17, 15) is 9.59 Å².